The molecule has 3 N–H and O–H groups in total. The van der Waals surface area contributed by atoms with E-state index in [1.165, 1.54) is 5.56 Å². The van der Waals surface area contributed by atoms with Crippen LogP contribution in [0.4, 0.5) is 0 Å². The van der Waals surface area contributed by atoms with E-state index in [4.69, 9.17) is 17.3 Å². The van der Waals surface area contributed by atoms with E-state index in [1.54, 1.807) is 0 Å². The Hall–Kier alpha value is -1.22. The number of hydrogen-bond donors (Lipinski definition) is 2. The normalized spacial score (nSPS) is 20.5. The minimum absolute atomic E-state index is 0.326. The summed E-state index contributed by atoms with van der Waals surface area (Å²) < 4.78 is 2.16. The van der Waals surface area contributed by atoms with E-state index in [1.807, 2.05) is 12.1 Å². The lowest BCUT2D eigenvalue weighted by Gasteiger charge is -2.12. The number of halogens is 1. The number of likely N-dealkylation sites (N-methyl/N-ethyl adjacent to an activating group) is 1. The maximum atomic E-state index is 5.86. The average Bonchev–Trinajstić information content (AvgIpc) is 2.61. The summed E-state index contributed by atoms with van der Waals surface area (Å²) in [7, 11) is 0. The highest BCUT2D eigenvalue weighted by Gasteiger charge is 2.28. The predicted octanol–water partition coefficient (Wildman–Crippen LogP) is 1.33. The molecular formula is C11H15ClN3+. The molecule has 0 amide bonds. The zero-order chi connectivity index (χ0) is 10.8. The molecule has 4 heteroatoms. The van der Waals surface area contributed by atoms with Crippen molar-refractivity contribution in [2.45, 2.75) is 13.0 Å². The van der Waals surface area contributed by atoms with Gasteiger partial charge in [-0.3, -0.25) is 15.6 Å². The van der Waals surface area contributed by atoms with Crippen LogP contribution in [0.1, 0.15) is 18.5 Å². The summed E-state index contributed by atoms with van der Waals surface area (Å²) in [4.78, 5) is 0. The van der Waals surface area contributed by atoms with Crippen molar-refractivity contribution >= 4 is 17.6 Å². The van der Waals surface area contributed by atoms with E-state index in [9.17, 15) is 0 Å². The molecule has 3 nitrogen and oxygen atoms in total. The van der Waals surface area contributed by atoms with Crippen LogP contribution in [0.5, 0.6) is 0 Å². The van der Waals surface area contributed by atoms with Gasteiger partial charge in [0.2, 0.25) is 0 Å². The van der Waals surface area contributed by atoms with Crippen molar-refractivity contribution in [3.63, 3.8) is 0 Å². The van der Waals surface area contributed by atoms with Gasteiger partial charge in [-0.2, -0.15) is 0 Å². The highest BCUT2D eigenvalue weighted by molar-refractivity contribution is 6.30. The van der Waals surface area contributed by atoms with Gasteiger partial charge in [-0.1, -0.05) is 23.7 Å². The number of hydrogen-bond acceptors (Lipinski definition) is 2. The monoisotopic (exact) mass is 224 g/mol. The van der Waals surface area contributed by atoms with Crippen LogP contribution in [-0.4, -0.2) is 23.6 Å². The second-order valence-electron chi connectivity index (χ2n) is 3.62. The minimum Gasteiger partial charge on any atom is -0.291 e. The molecule has 1 aliphatic heterocycles. The number of guanidine groups is 1. The molecule has 0 spiro atoms. The molecular weight excluding hydrogens is 210 g/mol. The maximum Gasteiger partial charge on any atom is 0.344 e. The van der Waals surface area contributed by atoms with Gasteiger partial charge in [-0.25, -0.2) is 0 Å². The standard InChI is InChI=1S/C11H14ClN3/c1-2-15-10(7-14-11(15)13)8-3-5-9(12)6-4-8/h3-6,10H,2,7H2,1H3,(H2,13,14)/p+1. The lowest BCUT2D eigenvalue weighted by Crippen LogP contribution is -2.31. The molecule has 0 saturated heterocycles. The van der Waals surface area contributed by atoms with Gasteiger partial charge in [0.1, 0.15) is 12.6 Å². The Kier molecular flexibility index (Phi) is 2.82. The third kappa shape index (κ3) is 1.92. The van der Waals surface area contributed by atoms with Gasteiger partial charge in [0, 0.05) is 5.02 Å². The van der Waals surface area contributed by atoms with Crippen LogP contribution in [0.3, 0.4) is 0 Å². The molecule has 15 heavy (non-hydrogen) atoms. The van der Waals surface area contributed by atoms with Crippen molar-refractivity contribution in [2.24, 2.45) is 5.73 Å². The Morgan fingerprint density at radius 3 is 2.73 bits per heavy atom. The molecule has 1 aromatic carbocycles. The van der Waals surface area contributed by atoms with Gasteiger partial charge < -0.3 is 0 Å². The van der Waals surface area contributed by atoms with Crippen LogP contribution in [0.2, 0.25) is 5.02 Å². The lowest BCUT2D eigenvalue weighted by molar-refractivity contribution is -0.559. The Balaban J connectivity index is 2.29. The summed E-state index contributed by atoms with van der Waals surface area (Å²) >= 11 is 5.86. The van der Waals surface area contributed by atoms with Crippen LogP contribution in [0, 0.1) is 0 Å². The van der Waals surface area contributed by atoms with Crippen LogP contribution < -0.4 is 11.1 Å². The minimum atomic E-state index is 0.326. The van der Waals surface area contributed by atoms with E-state index in [-0.39, 0.29) is 0 Å². The van der Waals surface area contributed by atoms with Gasteiger partial charge in [0.05, 0.1) is 6.54 Å². The Morgan fingerprint density at radius 1 is 1.47 bits per heavy atom. The van der Waals surface area contributed by atoms with E-state index < -0.39 is 0 Å². The number of benzene rings is 1. The zero-order valence-electron chi connectivity index (χ0n) is 8.70. The van der Waals surface area contributed by atoms with Crippen molar-refractivity contribution in [3.05, 3.63) is 34.9 Å². The topological polar surface area (TPSA) is 41.1 Å². The van der Waals surface area contributed by atoms with Crippen LogP contribution in [0.25, 0.3) is 0 Å². The van der Waals surface area contributed by atoms with Crippen molar-refractivity contribution in [1.82, 2.24) is 5.32 Å². The first-order valence-electron chi connectivity index (χ1n) is 5.10. The molecule has 2 rings (SSSR count). The fourth-order valence-corrected chi connectivity index (χ4v) is 2.08. The van der Waals surface area contributed by atoms with Crippen molar-refractivity contribution in [2.75, 3.05) is 13.1 Å². The number of nitrogens with two attached hydrogens (primary N) is 1. The van der Waals surface area contributed by atoms with Gasteiger partial charge in [0.25, 0.3) is 0 Å². The maximum absolute atomic E-state index is 5.86. The SMILES string of the molecule is CC[N+]1=C(N)NCC1c1ccc(Cl)cc1. The fraction of sp³-hybridized carbons (Fsp3) is 0.364. The molecule has 0 fully saturated rings. The van der Waals surface area contributed by atoms with Gasteiger partial charge in [-0.05, 0) is 24.6 Å². The Bertz CT molecular complexity index is 383. The third-order valence-corrected chi connectivity index (χ3v) is 3.01. The molecule has 1 unspecified atom stereocenters. The first-order valence-corrected chi connectivity index (χ1v) is 5.48. The number of rotatable bonds is 2. The zero-order valence-corrected chi connectivity index (χ0v) is 9.46. The van der Waals surface area contributed by atoms with E-state index in [2.05, 4.69) is 28.9 Å². The highest BCUT2D eigenvalue weighted by atomic mass is 35.5. The van der Waals surface area contributed by atoms with E-state index in [0.717, 1.165) is 24.1 Å². The second-order valence-corrected chi connectivity index (χ2v) is 4.06. The number of nitrogens with one attached hydrogen (secondary N) is 1. The lowest BCUT2D eigenvalue weighted by atomic mass is 10.1. The smallest absolute Gasteiger partial charge is 0.291 e. The molecule has 0 aliphatic carbocycles. The van der Waals surface area contributed by atoms with Crippen molar-refractivity contribution in [1.29, 1.82) is 0 Å². The predicted molar refractivity (Wildman–Crippen MR) is 62.2 cm³/mol. The molecule has 1 aliphatic rings. The summed E-state index contributed by atoms with van der Waals surface area (Å²) in [5.74, 6) is 0.762. The average molecular weight is 225 g/mol. The molecule has 80 valence electrons. The molecule has 0 saturated carbocycles. The number of nitrogens with zero attached hydrogens (tertiary/aromatic N) is 1. The van der Waals surface area contributed by atoms with Gasteiger partial charge >= 0.3 is 5.96 Å². The third-order valence-electron chi connectivity index (χ3n) is 2.76. The fourth-order valence-electron chi connectivity index (χ4n) is 1.95. The van der Waals surface area contributed by atoms with Crippen molar-refractivity contribution in [3.8, 4) is 0 Å². The summed E-state index contributed by atoms with van der Waals surface area (Å²) in [6, 6.07) is 8.26. The molecule has 1 heterocycles. The first-order chi connectivity index (χ1) is 7.22. The Morgan fingerprint density at radius 2 is 2.13 bits per heavy atom. The summed E-state index contributed by atoms with van der Waals surface area (Å²) in [6.07, 6.45) is 0. The Labute approximate surface area is 94.5 Å². The van der Waals surface area contributed by atoms with Crippen LogP contribution in [0.15, 0.2) is 24.3 Å². The van der Waals surface area contributed by atoms with E-state index in [0.29, 0.717) is 6.04 Å². The molecule has 0 radical (unpaired) electrons. The quantitative estimate of drug-likeness (QED) is 0.745. The molecule has 1 atom stereocenters. The van der Waals surface area contributed by atoms with Crippen LogP contribution in [-0.2, 0) is 0 Å². The largest absolute Gasteiger partial charge is 0.344 e. The van der Waals surface area contributed by atoms with Gasteiger partial charge in [-0.15, -0.1) is 0 Å². The van der Waals surface area contributed by atoms with Gasteiger partial charge in [0.15, 0.2) is 0 Å². The summed E-state index contributed by atoms with van der Waals surface area (Å²) in [5, 5.41) is 3.94. The highest BCUT2D eigenvalue weighted by Crippen LogP contribution is 2.21. The first kappa shape index (κ1) is 10.3. The van der Waals surface area contributed by atoms with Crippen LogP contribution >= 0.6 is 11.6 Å². The molecule has 1 aromatic rings. The van der Waals surface area contributed by atoms with Crippen molar-refractivity contribution < 1.29 is 4.58 Å². The molecule has 0 aromatic heterocycles. The summed E-state index contributed by atoms with van der Waals surface area (Å²) in [6.45, 7) is 3.87. The molecule has 0 bridgehead atoms. The summed E-state index contributed by atoms with van der Waals surface area (Å²) in [5.41, 5.74) is 7.10. The van der Waals surface area contributed by atoms with E-state index >= 15 is 0 Å². The second kappa shape index (κ2) is 4.11.